The van der Waals surface area contributed by atoms with Gasteiger partial charge in [0.2, 0.25) is 5.91 Å². The van der Waals surface area contributed by atoms with Crippen molar-refractivity contribution in [1.29, 1.82) is 0 Å². The van der Waals surface area contributed by atoms with E-state index in [9.17, 15) is 18.8 Å². The van der Waals surface area contributed by atoms with Crippen molar-refractivity contribution in [2.75, 3.05) is 37.9 Å². The van der Waals surface area contributed by atoms with Gasteiger partial charge in [-0.2, -0.15) is 0 Å². The van der Waals surface area contributed by atoms with Gasteiger partial charge in [0.15, 0.2) is 0 Å². The largest absolute Gasteiger partial charge is 0.462 e. The lowest BCUT2D eigenvalue weighted by Crippen LogP contribution is -2.22. The summed E-state index contributed by atoms with van der Waals surface area (Å²) < 4.78 is 18.7. The molecule has 7 nitrogen and oxygen atoms in total. The highest BCUT2D eigenvalue weighted by Crippen LogP contribution is 2.34. The second kappa shape index (κ2) is 9.51. The first-order chi connectivity index (χ1) is 13.6. The van der Waals surface area contributed by atoms with Crippen LogP contribution in [0.3, 0.4) is 0 Å². The standard InChI is InChI=1S/C20H24FN3O4S/c1-6-28-20(27)16-12(3)17(19(26)24(4)5)29-18(16)23-15(25)10-22-13-8-7-11(2)14(21)9-13/h7-9,22H,6,10H2,1-5H3,(H,23,25). The van der Waals surface area contributed by atoms with E-state index < -0.39 is 11.9 Å². The zero-order valence-electron chi connectivity index (χ0n) is 17.0. The fourth-order valence-electron chi connectivity index (χ4n) is 2.51. The molecule has 0 aliphatic carbocycles. The summed E-state index contributed by atoms with van der Waals surface area (Å²) in [6, 6.07) is 4.57. The monoisotopic (exact) mass is 421 g/mol. The van der Waals surface area contributed by atoms with Crippen LogP contribution in [-0.4, -0.2) is 49.9 Å². The lowest BCUT2D eigenvalue weighted by atomic mass is 10.1. The molecule has 2 rings (SSSR count). The van der Waals surface area contributed by atoms with Crippen LogP contribution in [0.1, 0.15) is 38.1 Å². The zero-order valence-corrected chi connectivity index (χ0v) is 17.8. The van der Waals surface area contributed by atoms with Gasteiger partial charge < -0.3 is 20.3 Å². The number of nitrogens with zero attached hydrogens (tertiary/aromatic N) is 1. The summed E-state index contributed by atoms with van der Waals surface area (Å²) in [6.45, 7) is 4.99. The highest BCUT2D eigenvalue weighted by atomic mass is 32.1. The number of carbonyl (C=O) groups is 3. The van der Waals surface area contributed by atoms with Crippen LogP contribution in [0.5, 0.6) is 0 Å². The maximum Gasteiger partial charge on any atom is 0.341 e. The summed E-state index contributed by atoms with van der Waals surface area (Å²) in [5, 5.41) is 5.73. The van der Waals surface area contributed by atoms with Crippen LogP contribution in [-0.2, 0) is 9.53 Å². The van der Waals surface area contributed by atoms with Gasteiger partial charge in [0.05, 0.1) is 23.6 Å². The average molecular weight is 421 g/mol. The first kappa shape index (κ1) is 22.4. The minimum atomic E-state index is -0.608. The molecule has 2 N–H and O–H groups in total. The molecule has 1 aromatic heterocycles. The number of rotatable bonds is 7. The Morgan fingerprint density at radius 1 is 1.21 bits per heavy atom. The van der Waals surface area contributed by atoms with Crippen molar-refractivity contribution in [2.45, 2.75) is 20.8 Å². The van der Waals surface area contributed by atoms with E-state index in [0.29, 0.717) is 21.7 Å². The van der Waals surface area contributed by atoms with Gasteiger partial charge in [-0.15, -0.1) is 11.3 Å². The number of benzene rings is 1. The number of hydrogen-bond acceptors (Lipinski definition) is 6. The van der Waals surface area contributed by atoms with Gasteiger partial charge in [-0.1, -0.05) is 6.07 Å². The van der Waals surface area contributed by atoms with Gasteiger partial charge in [0, 0.05) is 19.8 Å². The van der Waals surface area contributed by atoms with Gasteiger partial charge in [-0.25, -0.2) is 9.18 Å². The smallest absolute Gasteiger partial charge is 0.341 e. The summed E-state index contributed by atoms with van der Waals surface area (Å²) in [5.41, 5.74) is 1.58. The molecule has 0 unspecified atom stereocenters. The first-order valence-electron chi connectivity index (χ1n) is 8.97. The summed E-state index contributed by atoms with van der Waals surface area (Å²) in [5.74, 6) is -1.70. The molecule has 156 valence electrons. The Morgan fingerprint density at radius 3 is 2.48 bits per heavy atom. The maximum absolute atomic E-state index is 13.6. The third kappa shape index (κ3) is 5.32. The zero-order chi connectivity index (χ0) is 21.7. The predicted molar refractivity (Wildman–Crippen MR) is 111 cm³/mol. The number of hydrogen-bond donors (Lipinski definition) is 2. The van der Waals surface area contributed by atoms with Gasteiger partial charge in [-0.3, -0.25) is 9.59 Å². The molecule has 1 heterocycles. The van der Waals surface area contributed by atoms with Crippen molar-refractivity contribution in [3.63, 3.8) is 0 Å². The third-order valence-electron chi connectivity index (χ3n) is 4.10. The maximum atomic E-state index is 13.6. The Morgan fingerprint density at radius 2 is 1.90 bits per heavy atom. The number of carbonyl (C=O) groups excluding carboxylic acids is 3. The van der Waals surface area contributed by atoms with E-state index in [1.54, 1.807) is 47.0 Å². The molecule has 0 saturated carbocycles. The fourth-order valence-corrected chi connectivity index (χ4v) is 3.75. The van der Waals surface area contributed by atoms with Crippen molar-refractivity contribution < 1.29 is 23.5 Å². The van der Waals surface area contributed by atoms with Crippen molar-refractivity contribution in [2.24, 2.45) is 0 Å². The average Bonchev–Trinajstić information content (AvgIpc) is 2.98. The predicted octanol–water partition coefficient (Wildman–Crippen LogP) is 3.43. The Labute approximate surface area is 172 Å². The molecule has 2 aromatic rings. The summed E-state index contributed by atoms with van der Waals surface area (Å²) >= 11 is 1.02. The second-order valence-electron chi connectivity index (χ2n) is 6.55. The van der Waals surface area contributed by atoms with Gasteiger partial charge in [-0.05, 0) is 44.0 Å². The highest BCUT2D eigenvalue weighted by molar-refractivity contribution is 7.18. The van der Waals surface area contributed by atoms with Gasteiger partial charge in [0.1, 0.15) is 10.8 Å². The molecule has 2 amide bonds. The summed E-state index contributed by atoms with van der Waals surface area (Å²) in [7, 11) is 3.21. The van der Waals surface area contributed by atoms with E-state index in [-0.39, 0.29) is 35.4 Å². The molecular weight excluding hydrogens is 397 g/mol. The van der Waals surface area contributed by atoms with Crippen LogP contribution in [0.15, 0.2) is 18.2 Å². The van der Waals surface area contributed by atoms with Crippen LogP contribution in [0.2, 0.25) is 0 Å². The van der Waals surface area contributed by atoms with Gasteiger partial charge in [0.25, 0.3) is 5.91 Å². The number of aryl methyl sites for hydroxylation is 1. The normalized spacial score (nSPS) is 10.4. The number of esters is 1. The van der Waals surface area contributed by atoms with Crippen LogP contribution in [0, 0.1) is 19.7 Å². The number of amides is 2. The topological polar surface area (TPSA) is 87.7 Å². The Hall–Kier alpha value is -2.94. The SMILES string of the molecule is CCOC(=O)c1c(NC(=O)CNc2ccc(C)c(F)c2)sc(C(=O)N(C)C)c1C. The molecule has 1 aromatic carbocycles. The van der Waals surface area contributed by atoms with Gasteiger partial charge >= 0.3 is 5.97 Å². The Kier molecular flexibility index (Phi) is 7.33. The Balaban J connectivity index is 2.21. The lowest BCUT2D eigenvalue weighted by molar-refractivity contribution is -0.114. The first-order valence-corrected chi connectivity index (χ1v) is 9.79. The number of ether oxygens (including phenoxy) is 1. The lowest BCUT2D eigenvalue weighted by Gasteiger charge is -2.09. The second-order valence-corrected chi connectivity index (χ2v) is 7.57. The molecule has 0 saturated heterocycles. The quantitative estimate of drug-likeness (QED) is 0.669. The molecule has 0 aliphatic rings. The van der Waals surface area contributed by atoms with E-state index in [2.05, 4.69) is 10.6 Å². The number of thiophene rings is 1. The van der Waals surface area contributed by atoms with E-state index in [1.807, 2.05) is 0 Å². The van der Waals surface area contributed by atoms with E-state index in [0.717, 1.165) is 11.3 Å². The van der Waals surface area contributed by atoms with Crippen LogP contribution in [0.4, 0.5) is 15.1 Å². The number of halogens is 1. The van der Waals surface area contributed by atoms with E-state index in [4.69, 9.17) is 4.74 Å². The summed E-state index contributed by atoms with van der Waals surface area (Å²) in [6.07, 6.45) is 0. The van der Waals surface area contributed by atoms with E-state index >= 15 is 0 Å². The molecule has 29 heavy (non-hydrogen) atoms. The third-order valence-corrected chi connectivity index (χ3v) is 5.30. The Bertz CT molecular complexity index is 940. The molecule has 0 atom stereocenters. The van der Waals surface area contributed by atoms with E-state index in [1.165, 1.54) is 11.0 Å². The molecule has 0 fully saturated rings. The van der Waals surface area contributed by atoms with Crippen LogP contribution >= 0.6 is 11.3 Å². The molecule has 0 radical (unpaired) electrons. The molecule has 0 aliphatic heterocycles. The van der Waals surface area contributed by atoms with Crippen molar-refractivity contribution in [1.82, 2.24) is 4.90 Å². The summed E-state index contributed by atoms with van der Waals surface area (Å²) in [4.78, 5) is 38.9. The fraction of sp³-hybridized carbons (Fsp3) is 0.350. The molecular formula is C20H24FN3O4S. The number of anilines is 2. The molecule has 0 bridgehead atoms. The molecule has 0 spiro atoms. The van der Waals surface area contributed by atoms with Crippen molar-refractivity contribution >= 4 is 39.8 Å². The molecule has 9 heteroatoms. The van der Waals surface area contributed by atoms with Crippen molar-refractivity contribution in [3.05, 3.63) is 45.6 Å². The highest BCUT2D eigenvalue weighted by Gasteiger charge is 2.27. The van der Waals surface area contributed by atoms with Crippen molar-refractivity contribution in [3.8, 4) is 0 Å². The number of nitrogens with one attached hydrogen (secondary N) is 2. The van der Waals surface area contributed by atoms with Crippen LogP contribution < -0.4 is 10.6 Å². The minimum absolute atomic E-state index is 0.140. The van der Waals surface area contributed by atoms with Crippen LogP contribution in [0.25, 0.3) is 0 Å². The minimum Gasteiger partial charge on any atom is -0.462 e.